The molecule has 1 atom stereocenters. The van der Waals surface area contributed by atoms with Gasteiger partial charge in [0.05, 0.1) is 11.4 Å². The second-order valence-electron chi connectivity index (χ2n) is 4.65. The maximum Gasteiger partial charge on any atom is 0.405 e. The predicted octanol–water partition coefficient (Wildman–Crippen LogP) is 1.99. The molecule has 0 saturated heterocycles. The Balaban J connectivity index is 2.06. The van der Waals surface area contributed by atoms with Crippen LogP contribution in [0, 0.1) is 0 Å². The van der Waals surface area contributed by atoms with E-state index >= 15 is 0 Å². The number of carbonyl (C=O) groups is 1. The zero-order chi connectivity index (χ0) is 14.8. The van der Waals surface area contributed by atoms with E-state index in [1.165, 1.54) is 0 Å². The molecule has 0 bridgehead atoms. The molecule has 2 rings (SSSR count). The van der Waals surface area contributed by atoms with Crippen molar-refractivity contribution in [1.29, 1.82) is 0 Å². The number of fused-ring (bicyclic) bond motifs is 1. The predicted molar refractivity (Wildman–Crippen MR) is 70.8 cm³/mol. The lowest BCUT2D eigenvalue weighted by atomic mass is 10.1. The number of anilines is 2. The zero-order valence-electron chi connectivity index (χ0n) is 11.0. The molecule has 1 aromatic carbocycles. The SMILES string of the molecule is CC(C(=O)NCC(F)(F)F)N1CCNc2ccccc21. The number of amides is 1. The topological polar surface area (TPSA) is 44.4 Å². The number of nitrogens with zero attached hydrogens (tertiary/aromatic N) is 1. The van der Waals surface area contributed by atoms with Gasteiger partial charge in [-0.25, -0.2) is 0 Å². The summed E-state index contributed by atoms with van der Waals surface area (Å²) in [7, 11) is 0. The van der Waals surface area contributed by atoms with Gasteiger partial charge in [0.1, 0.15) is 12.6 Å². The summed E-state index contributed by atoms with van der Waals surface area (Å²) in [5.41, 5.74) is 1.71. The van der Waals surface area contributed by atoms with Gasteiger partial charge in [0.25, 0.3) is 0 Å². The van der Waals surface area contributed by atoms with Crippen LogP contribution in [0.15, 0.2) is 24.3 Å². The van der Waals surface area contributed by atoms with Crippen LogP contribution in [0.4, 0.5) is 24.5 Å². The van der Waals surface area contributed by atoms with E-state index in [0.29, 0.717) is 13.1 Å². The Morgan fingerprint density at radius 3 is 2.85 bits per heavy atom. The highest BCUT2D eigenvalue weighted by Crippen LogP contribution is 2.29. The van der Waals surface area contributed by atoms with Gasteiger partial charge in [-0.2, -0.15) is 13.2 Å². The van der Waals surface area contributed by atoms with Crippen LogP contribution in [0.5, 0.6) is 0 Å². The fourth-order valence-corrected chi connectivity index (χ4v) is 2.18. The van der Waals surface area contributed by atoms with Crippen LogP contribution in [0.25, 0.3) is 0 Å². The summed E-state index contributed by atoms with van der Waals surface area (Å²) in [6.07, 6.45) is -4.39. The van der Waals surface area contributed by atoms with Gasteiger partial charge >= 0.3 is 6.18 Å². The first-order valence-electron chi connectivity index (χ1n) is 6.32. The molecule has 0 aliphatic carbocycles. The first-order valence-corrected chi connectivity index (χ1v) is 6.32. The van der Waals surface area contributed by atoms with E-state index in [1.54, 1.807) is 11.8 Å². The van der Waals surface area contributed by atoms with Gasteiger partial charge in [0.15, 0.2) is 0 Å². The third-order valence-electron chi connectivity index (χ3n) is 3.19. The Morgan fingerprint density at radius 2 is 2.15 bits per heavy atom. The van der Waals surface area contributed by atoms with Crippen LogP contribution in [0.2, 0.25) is 0 Å². The first-order chi connectivity index (χ1) is 9.38. The molecular formula is C13H16F3N3O. The highest BCUT2D eigenvalue weighted by Gasteiger charge is 2.31. The van der Waals surface area contributed by atoms with Crippen molar-refractivity contribution in [2.24, 2.45) is 0 Å². The van der Waals surface area contributed by atoms with Crippen molar-refractivity contribution in [3.8, 4) is 0 Å². The molecule has 0 radical (unpaired) electrons. The maximum atomic E-state index is 12.1. The standard InChI is InChI=1S/C13H16F3N3O/c1-9(12(20)18-8-13(14,15)16)19-7-6-17-10-4-2-3-5-11(10)19/h2-5,9,17H,6-8H2,1H3,(H,18,20). The van der Waals surface area contributed by atoms with Gasteiger partial charge in [0.2, 0.25) is 5.91 Å². The van der Waals surface area contributed by atoms with E-state index in [0.717, 1.165) is 11.4 Å². The third kappa shape index (κ3) is 3.34. The summed E-state index contributed by atoms with van der Waals surface area (Å²) in [6.45, 7) is 1.52. The van der Waals surface area contributed by atoms with Crippen LogP contribution in [-0.4, -0.2) is 37.8 Å². The lowest BCUT2D eigenvalue weighted by Crippen LogP contribution is -2.50. The molecule has 7 heteroatoms. The molecule has 1 amide bonds. The minimum absolute atomic E-state index is 0.567. The molecule has 2 N–H and O–H groups in total. The quantitative estimate of drug-likeness (QED) is 0.893. The van der Waals surface area contributed by atoms with Crippen molar-refractivity contribution in [2.75, 3.05) is 29.9 Å². The number of alkyl halides is 3. The Kier molecular flexibility index (Phi) is 4.06. The molecule has 0 fully saturated rings. The number of halogens is 3. The minimum Gasteiger partial charge on any atom is -0.382 e. The van der Waals surface area contributed by atoms with Crippen molar-refractivity contribution in [1.82, 2.24) is 5.32 Å². The molecule has 1 aromatic rings. The van der Waals surface area contributed by atoms with Gasteiger partial charge < -0.3 is 15.5 Å². The molecule has 1 aliphatic rings. The molecule has 0 saturated carbocycles. The van der Waals surface area contributed by atoms with Gasteiger partial charge in [0, 0.05) is 13.1 Å². The van der Waals surface area contributed by atoms with Crippen molar-refractivity contribution in [2.45, 2.75) is 19.1 Å². The largest absolute Gasteiger partial charge is 0.405 e. The molecule has 20 heavy (non-hydrogen) atoms. The molecule has 0 spiro atoms. The summed E-state index contributed by atoms with van der Waals surface area (Å²) in [5.74, 6) is -0.626. The first kappa shape index (κ1) is 14.5. The zero-order valence-corrected chi connectivity index (χ0v) is 11.0. The average Bonchev–Trinajstić information content (AvgIpc) is 2.42. The number of para-hydroxylation sites is 2. The van der Waals surface area contributed by atoms with Crippen molar-refractivity contribution < 1.29 is 18.0 Å². The number of rotatable bonds is 3. The Labute approximate surface area is 114 Å². The number of hydrogen-bond donors (Lipinski definition) is 2. The number of carbonyl (C=O) groups excluding carboxylic acids is 1. The van der Waals surface area contributed by atoms with Gasteiger partial charge in [-0.05, 0) is 19.1 Å². The van der Waals surface area contributed by atoms with Crippen molar-refractivity contribution >= 4 is 17.3 Å². The summed E-state index contributed by atoms with van der Waals surface area (Å²) in [4.78, 5) is 13.6. The molecular weight excluding hydrogens is 271 g/mol. The number of benzene rings is 1. The van der Waals surface area contributed by atoms with E-state index in [2.05, 4.69) is 5.32 Å². The second kappa shape index (κ2) is 5.60. The van der Waals surface area contributed by atoms with Crippen LogP contribution in [0.1, 0.15) is 6.92 Å². The van der Waals surface area contributed by atoms with Crippen LogP contribution < -0.4 is 15.5 Å². The van der Waals surface area contributed by atoms with E-state index in [9.17, 15) is 18.0 Å². The summed E-state index contributed by atoms with van der Waals surface area (Å²) >= 11 is 0. The molecule has 0 aromatic heterocycles. The van der Waals surface area contributed by atoms with E-state index < -0.39 is 24.7 Å². The molecule has 1 aliphatic heterocycles. The van der Waals surface area contributed by atoms with E-state index in [-0.39, 0.29) is 0 Å². The molecule has 4 nitrogen and oxygen atoms in total. The molecule has 110 valence electrons. The Hall–Kier alpha value is -1.92. The highest BCUT2D eigenvalue weighted by atomic mass is 19.4. The van der Waals surface area contributed by atoms with Crippen molar-refractivity contribution in [3.05, 3.63) is 24.3 Å². The normalized spacial score (nSPS) is 16.1. The minimum atomic E-state index is -4.39. The number of hydrogen-bond acceptors (Lipinski definition) is 3. The Bertz CT molecular complexity index is 490. The fraction of sp³-hybridized carbons (Fsp3) is 0.462. The summed E-state index contributed by atoms with van der Waals surface area (Å²) in [5, 5.41) is 5.11. The smallest absolute Gasteiger partial charge is 0.382 e. The molecule has 1 heterocycles. The monoisotopic (exact) mass is 287 g/mol. The lowest BCUT2D eigenvalue weighted by molar-refractivity contribution is -0.138. The summed E-state index contributed by atoms with van der Waals surface area (Å²) < 4.78 is 36.4. The maximum absolute atomic E-state index is 12.1. The van der Waals surface area contributed by atoms with Gasteiger partial charge in [-0.15, -0.1) is 0 Å². The second-order valence-corrected chi connectivity index (χ2v) is 4.65. The molecule has 1 unspecified atom stereocenters. The van der Waals surface area contributed by atoms with Crippen LogP contribution in [0.3, 0.4) is 0 Å². The van der Waals surface area contributed by atoms with E-state index in [4.69, 9.17) is 0 Å². The van der Waals surface area contributed by atoms with E-state index in [1.807, 2.05) is 29.6 Å². The Morgan fingerprint density at radius 1 is 1.45 bits per heavy atom. The van der Waals surface area contributed by atoms with Crippen molar-refractivity contribution in [3.63, 3.8) is 0 Å². The fourth-order valence-electron chi connectivity index (χ4n) is 2.18. The van der Waals surface area contributed by atoms with Crippen LogP contribution >= 0.6 is 0 Å². The number of nitrogens with one attached hydrogen (secondary N) is 2. The third-order valence-corrected chi connectivity index (χ3v) is 3.19. The van der Waals surface area contributed by atoms with Gasteiger partial charge in [-0.1, -0.05) is 12.1 Å². The van der Waals surface area contributed by atoms with Gasteiger partial charge in [-0.3, -0.25) is 4.79 Å². The van der Waals surface area contributed by atoms with Crippen LogP contribution in [-0.2, 0) is 4.79 Å². The highest BCUT2D eigenvalue weighted by molar-refractivity contribution is 5.87. The lowest BCUT2D eigenvalue weighted by Gasteiger charge is -2.35. The summed E-state index contributed by atoms with van der Waals surface area (Å²) in [6, 6.07) is 6.76. The average molecular weight is 287 g/mol.